The summed E-state index contributed by atoms with van der Waals surface area (Å²) in [7, 11) is 0. The van der Waals surface area contributed by atoms with Gasteiger partial charge in [0, 0.05) is 10.7 Å². The summed E-state index contributed by atoms with van der Waals surface area (Å²) in [6.45, 7) is 2.80. The molecule has 0 bridgehead atoms. The number of hydrogen-bond donors (Lipinski definition) is 1. The van der Waals surface area contributed by atoms with Gasteiger partial charge in [-0.05, 0) is 36.8 Å². The van der Waals surface area contributed by atoms with E-state index in [0.717, 1.165) is 12.8 Å². The molecule has 0 unspecified atom stereocenters. The van der Waals surface area contributed by atoms with Gasteiger partial charge in [-0.2, -0.15) is 0 Å². The Morgan fingerprint density at radius 1 is 1.09 bits per heavy atom. The molecular weight excluding hydrogens is 310 g/mol. The standard InChI is InChI=1S/C19H22ClNO2/c1-2-3-4-7-13-23-18-12-6-5-11-17(18)19(22)21-16-10-8-9-15(20)14-16/h5-6,8-12,14H,2-4,7,13H2,1H3,(H,21,22). The molecule has 0 saturated heterocycles. The summed E-state index contributed by atoms with van der Waals surface area (Å²) in [6.07, 6.45) is 4.55. The third-order valence-corrected chi connectivity index (χ3v) is 3.70. The summed E-state index contributed by atoms with van der Waals surface area (Å²) >= 11 is 5.94. The van der Waals surface area contributed by atoms with Crippen LogP contribution in [0.2, 0.25) is 5.02 Å². The van der Waals surface area contributed by atoms with Gasteiger partial charge in [-0.15, -0.1) is 0 Å². The maximum absolute atomic E-state index is 12.4. The van der Waals surface area contributed by atoms with Crippen molar-refractivity contribution < 1.29 is 9.53 Å². The molecule has 3 nitrogen and oxygen atoms in total. The molecule has 0 saturated carbocycles. The lowest BCUT2D eigenvalue weighted by molar-refractivity contribution is 0.102. The fourth-order valence-corrected chi connectivity index (χ4v) is 2.45. The van der Waals surface area contributed by atoms with Crippen LogP contribution in [0, 0.1) is 0 Å². The van der Waals surface area contributed by atoms with Crippen LogP contribution in [0.3, 0.4) is 0 Å². The SMILES string of the molecule is CCCCCCOc1ccccc1C(=O)Nc1cccc(Cl)c1. The number of para-hydroxylation sites is 1. The first-order valence-corrected chi connectivity index (χ1v) is 8.37. The number of anilines is 1. The number of amides is 1. The third kappa shape index (κ3) is 5.61. The summed E-state index contributed by atoms with van der Waals surface area (Å²) in [5.41, 5.74) is 1.20. The first kappa shape index (κ1) is 17.4. The molecule has 4 heteroatoms. The van der Waals surface area contributed by atoms with Crippen LogP contribution in [0.25, 0.3) is 0 Å². The monoisotopic (exact) mass is 331 g/mol. The zero-order valence-corrected chi connectivity index (χ0v) is 14.1. The summed E-state index contributed by atoms with van der Waals surface area (Å²) in [6, 6.07) is 14.4. The van der Waals surface area contributed by atoms with E-state index < -0.39 is 0 Å². The number of ether oxygens (including phenoxy) is 1. The van der Waals surface area contributed by atoms with E-state index in [0.29, 0.717) is 28.6 Å². The van der Waals surface area contributed by atoms with Crippen molar-refractivity contribution in [1.82, 2.24) is 0 Å². The van der Waals surface area contributed by atoms with Crippen molar-refractivity contribution in [1.29, 1.82) is 0 Å². The molecule has 23 heavy (non-hydrogen) atoms. The highest BCUT2D eigenvalue weighted by molar-refractivity contribution is 6.31. The van der Waals surface area contributed by atoms with E-state index in [9.17, 15) is 4.79 Å². The Kier molecular flexibility index (Phi) is 6.95. The normalized spacial score (nSPS) is 10.3. The number of hydrogen-bond acceptors (Lipinski definition) is 2. The molecule has 2 rings (SSSR count). The number of nitrogens with one attached hydrogen (secondary N) is 1. The Morgan fingerprint density at radius 3 is 2.70 bits per heavy atom. The predicted octanol–water partition coefficient (Wildman–Crippen LogP) is 5.55. The molecule has 2 aromatic carbocycles. The van der Waals surface area contributed by atoms with Crippen LogP contribution in [0.5, 0.6) is 5.75 Å². The van der Waals surface area contributed by atoms with Crippen LogP contribution in [0.4, 0.5) is 5.69 Å². The Labute approximate surface area is 142 Å². The lowest BCUT2D eigenvalue weighted by atomic mass is 10.1. The van der Waals surface area contributed by atoms with E-state index in [2.05, 4.69) is 12.2 Å². The second-order valence-corrected chi connectivity index (χ2v) is 5.81. The van der Waals surface area contributed by atoms with E-state index in [-0.39, 0.29) is 5.91 Å². The van der Waals surface area contributed by atoms with Crippen molar-refractivity contribution in [3.8, 4) is 5.75 Å². The first-order valence-electron chi connectivity index (χ1n) is 7.99. The van der Waals surface area contributed by atoms with E-state index in [1.165, 1.54) is 12.8 Å². The van der Waals surface area contributed by atoms with Crippen LogP contribution < -0.4 is 10.1 Å². The van der Waals surface area contributed by atoms with Gasteiger partial charge in [0.2, 0.25) is 0 Å². The zero-order chi connectivity index (χ0) is 16.5. The van der Waals surface area contributed by atoms with Crippen LogP contribution in [0.1, 0.15) is 43.0 Å². The number of carbonyl (C=O) groups is 1. The van der Waals surface area contributed by atoms with Gasteiger partial charge in [0.15, 0.2) is 0 Å². The molecule has 0 atom stereocenters. The van der Waals surface area contributed by atoms with Gasteiger partial charge in [0.1, 0.15) is 5.75 Å². The Balaban J connectivity index is 1.99. The van der Waals surface area contributed by atoms with Gasteiger partial charge < -0.3 is 10.1 Å². The van der Waals surface area contributed by atoms with Crippen molar-refractivity contribution in [2.24, 2.45) is 0 Å². The molecule has 0 aliphatic heterocycles. The largest absolute Gasteiger partial charge is 0.493 e. The maximum atomic E-state index is 12.4. The van der Waals surface area contributed by atoms with Gasteiger partial charge in [-0.25, -0.2) is 0 Å². The molecule has 2 aromatic rings. The lowest BCUT2D eigenvalue weighted by Gasteiger charge is -2.12. The lowest BCUT2D eigenvalue weighted by Crippen LogP contribution is -2.14. The fraction of sp³-hybridized carbons (Fsp3) is 0.316. The maximum Gasteiger partial charge on any atom is 0.259 e. The topological polar surface area (TPSA) is 38.3 Å². The Morgan fingerprint density at radius 2 is 1.91 bits per heavy atom. The highest BCUT2D eigenvalue weighted by atomic mass is 35.5. The zero-order valence-electron chi connectivity index (χ0n) is 13.3. The summed E-state index contributed by atoms with van der Waals surface area (Å²) < 4.78 is 5.78. The van der Waals surface area contributed by atoms with Gasteiger partial charge >= 0.3 is 0 Å². The molecule has 0 radical (unpaired) electrons. The number of rotatable bonds is 8. The van der Waals surface area contributed by atoms with Gasteiger partial charge in [0.05, 0.1) is 12.2 Å². The van der Waals surface area contributed by atoms with Crippen LogP contribution in [-0.4, -0.2) is 12.5 Å². The minimum atomic E-state index is -0.198. The third-order valence-electron chi connectivity index (χ3n) is 3.47. The van der Waals surface area contributed by atoms with Crippen molar-refractivity contribution in [3.63, 3.8) is 0 Å². The molecule has 0 aromatic heterocycles. The quantitative estimate of drug-likeness (QED) is 0.644. The molecule has 0 fully saturated rings. The number of unbranched alkanes of at least 4 members (excludes halogenated alkanes) is 3. The van der Waals surface area contributed by atoms with Crippen molar-refractivity contribution >= 4 is 23.2 Å². The Bertz CT molecular complexity index is 643. The average Bonchev–Trinajstić information content (AvgIpc) is 2.55. The molecule has 0 heterocycles. The van der Waals surface area contributed by atoms with E-state index in [1.54, 1.807) is 30.3 Å². The molecule has 0 aliphatic rings. The second kappa shape index (κ2) is 9.21. The smallest absolute Gasteiger partial charge is 0.259 e. The Hall–Kier alpha value is -2.00. The molecule has 1 N–H and O–H groups in total. The number of benzene rings is 2. The van der Waals surface area contributed by atoms with E-state index in [4.69, 9.17) is 16.3 Å². The predicted molar refractivity (Wildman–Crippen MR) is 95.5 cm³/mol. The average molecular weight is 332 g/mol. The highest BCUT2D eigenvalue weighted by Gasteiger charge is 2.12. The van der Waals surface area contributed by atoms with Crippen LogP contribution >= 0.6 is 11.6 Å². The fourth-order valence-electron chi connectivity index (χ4n) is 2.26. The molecular formula is C19H22ClNO2. The molecule has 0 aliphatic carbocycles. The van der Waals surface area contributed by atoms with Crippen LogP contribution in [0.15, 0.2) is 48.5 Å². The highest BCUT2D eigenvalue weighted by Crippen LogP contribution is 2.21. The summed E-state index contributed by atoms with van der Waals surface area (Å²) in [5, 5.41) is 3.43. The van der Waals surface area contributed by atoms with Crippen LogP contribution in [-0.2, 0) is 0 Å². The number of halogens is 1. The second-order valence-electron chi connectivity index (χ2n) is 5.37. The summed E-state index contributed by atoms with van der Waals surface area (Å²) in [5.74, 6) is 0.417. The minimum Gasteiger partial charge on any atom is -0.493 e. The number of carbonyl (C=O) groups excluding carboxylic acids is 1. The van der Waals surface area contributed by atoms with Crippen molar-refractivity contribution in [3.05, 3.63) is 59.1 Å². The molecule has 122 valence electrons. The minimum absolute atomic E-state index is 0.198. The van der Waals surface area contributed by atoms with E-state index in [1.807, 2.05) is 18.2 Å². The molecule has 1 amide bonds. The van der Waals surface area contributed by atoms with Crippen molar-refractivity contribution in [2.75, 3.05) is 11.9 Å². The molecule has 0 spiro atoms. The van der Waals surface area contributed by atoms with E-state index >= 15 is 0 Å². The van der Waals surface area contributed by atoms with Gasteiger partial charge in [-0.1, -0.05) is 56.0 Å². The first-order chi connectivity index (χ1) is 11.2. The summed E-state index contributed by atoms with van der Waals surface area (Å²) in [4.78, 5) is 12.4. The van der Waals surface area contributed by atoms with Gasteiger partial charge in [-0.3, -0.25) is 4.79 Å². The van der Waals surface area contributed by atoms with Crippen molar-refractivity contribution in [2.45, 2.75) is 32.6 Å². The van der Waals surface area contributed by atoms with Gasteiger partial charge in [0.25, 0.3) is 5.91 Å².